The van der Waals surface area contributed by atoms with Crippen LogP contribution >= 0.6 is 0 Å². The van der Waals surface area contributed by atoms with Crippen molar-refractivity contribution < 1.29 is 8.42 Å². The molecule has 0 aromatic heterocycles. The van der Waals surface area contributed by atoms with Crippen LogP contribution in [0.4, 0.5) is 0 Å². The molecule has 2 aliphatic heterocycles. The SMILES string of the molecule is O=S1(=O)CCC(N2CCNC3(CCCC3)C2)CC1. The molecule has 0 amide bonds. The molecule has 0 aromatic carbocycles. The Balaban J connectivity index is 1.63. The monoisotopic (exact) mass is 272 g/mol. The van der Waals surface area contributed by atoms with Crippen molar-refractivity contribution in [1.29, 1.82) is 0 Å². The second-order valence-electron chi connectivity index (χ2n) is 6.27. The van der Waals surface area contributed by atoms with E-state index in [1.54, 1.807) is 0 Å². The van der Waals surface area contributed by atoms with Crippen LogP contribution in [0, 0.1) is 0 Å². The van der Waals surface area contributed by atoms with Crippen LogP contribution in [0.5, 0.6) is 0 Å². The number of nitrogens with one attached hydrogen (secondary N) is 1. The first-order valence-corrected chi connectivity index (χ1v) is 9.10. The molecule has 5 heteroatoms. The van der Waals surface area contributed by atoms with Gasteiger partial charge in [-0.1, -0.05) is 12.8 Å². The van der Waals surface area contributed by atoms with Gasteiger partial charge in [0.1, 0.15) is 9.84 Å². The fourth-order valence-electron chi connectivity index (χ4n) is 3.93. The van der Waals surface area contributed by atoms with Gasteiger partial charge in [0, 0.05) is 31.2 Å². The van der Waals surface area contributed by atoms with Crippen LogP contribution in [0.2, 0.25) is 0 Å². The van der Waals surface area contributed by atoms with Crippen LogP contribution in [-0.2, 0) is 9.84 Å². The minimum absolute atomic E-state index is 0.356. The van der Waals surface area contributed by atoms with Gasteiger partial charge in [0.05, 0.1) is 11.5 Å². The van der Waals surface area contributed by atoms with Crippen LogP contribution in [0.15, 0.2) is 0 Å². The molecule has 3 aliphatic rings. The molecule has 18 heavy (non-hydrogen) atoms. The van der Waals surface area contributed by atoms with Gasteiger partial charge in [0.2, 0.25) is 0 Å². The molecule has 3 rings (SSSR count). The highest BCUT2D eigenvalue weighted by molar-refractivity contribution is 7.91. The molecule has 2 heterocycles. The van der Waals surface area contributed by atoms with E-state index in [-0.39, 0.29) is 0 Å². The van der Waals surface area contributed by atoms with Crippen molar-refractivity contribution in [2.45, 2.75) is 50.1 Å². The molecule has 3 fully saturated rings. The van der Waals surface area contributed by atoms with Crippen molar-refractivity contribution in [3.05, 3.63) is 0 Å². The normalized spacial score (nSPS) is 32.9. The van der Waals surface area contributed by atoms with E-state index in [2.05, 4.69) is 10.2 Å². The van der Waals surface area contributed by atoms with Crippen molar-refractivity contribution in [2.24, 2.45) is 0 Å². The summed E-state index contributed by atoms with van der Waals surface area (Å²) in [7, 11) is -2.72. The fraction of sp³-hybridized carbons (Fsp3) is 1.00. The van der Waals surface area contributed by atoms with E-state index in [1.165, 1.54) is 25.7 Å². The second kappa shape index (κ2) is 4.76. The predicted octanol–water partition coefficient (Wildman–Crippen LogP) is 0.782. The lowest BCUT2D eigenvalue weighted by Gasteiger charge is -2.45. The Morgan fingerprint density at radius 2 is 1.78 bits per heavy atom. The fourth-order valence-corrected chi connectivity index (χ4v) is 5.40. The highest BCUT2D eigenvalue weighted by Crippen LogP contribution is 2.33. The van der Waals surface area contributed by atoms with Crippen LogP contribution in [0.1, 0.15) is 38.5 Å². The molecule has 1 saturated carbocycles. The predicted molar refractivity (Wildman–Crippen MR) is 72.5 cm³/mol. The third kappa shape index (κ3) is 2.58. The summed E-state index contributed by atoms with van der Waals surface area (Å²) in [5, 5.41) is 3.72. The number of sulfone groups is 1. The first-order chi connectivity index (χ1) is 8.59. The zero-order valence-electron chi connectivity index (χ0n) is 11.0. The number of piperazine rings is 1. The van der Waals surface area contributed by atoms with E-state index < -0.39 is 9.84 Å². The van der Waals surface area contributed by atoms with Crippen LogP contribution in [-0.4, -0.2) is 56.0 Å². The summed E-state index contributed by atoms with van der Waals surface area (Å²) in [6.45, 7) is 3.30. The van der Waals surface area contributed by atoms with Crippen molar-refractivity contribution in [3.63, 3.8) is 0 Å². The molecular weight excluding hydrogens is 248 g/mol. The summed E-state index contributed by atoms with van der Waals surface area (Å²) in [6.07, 6.45) is 6.99. The maximum atomic E-state index is 11.5. The van der Waals surface area contributed by atoms with Crippen molar-refractivity contribution in [1.82, 2.24) is 10.2 Å². The Morgan fingerprint density at radius 3 is 2.44 bits per heavy atom. The van der Waals surface area contributed by atoms with E-state index in [9.17, 15) is 8.42 Å². The highest BCUT2D eigenvalue weighted by atomic mass is 32.2. The maximum Gasteiger partial charge on any atom is 0.150 e. The van der Waals surface area contributed by atoms with Gasteiger partial charge in [0.15, 0.2) is 0 Å². The molecule has 2 saturated heterocycles. The van der Waals surface area contributed by atoms with Gasteiger partial charge in [-0.05, 0) is 25.7 Å². The first kappa shape index (κ1) is 12.9. The number of hydrogen-bond donors (Lipinski definition) is 1. The van der Waals surface area contributed by atoms with Crippen molar-refractivity contribution >= 4 is 9.84 Å². The lowest BCUT2D eigenvalue weighted by atomic mass is 9.93. The van der Waals surface area contributed by atoms with Gasteiger partial charge in [-0.2, -0.15) is 0 Å². The molecule has 1 N–H and O–H groups in total. The number of rotatable bonds is 1. The molecule has 0 unspecified atom stereocenters. The summed E-state index contributed by atoms with van der Waals surface area (Å²) >= 11 is 0. The summed E-state index contributed by atoms with van der Waals surface area (Å²) in [6, 6.07) is 0.507. The quantitative estimate of drug-likeness (QED) is 0.766. The standard InChI is InChI=1S/C13H24N2O2S/c16-18(17)9-3-12(4-10-18)15-8-7-14-13(11-15)5-1-2-6-13/h12,14H,1-11H2. The van der Waals surface area contributed by atoms with Gasteiger partial charge in [-0.3, -0.25) is 4.90 Å². The minimum Gasteiger partial charge on any atom is -0.309 e. The second-order valence-corrected chi connectivity index (χ2v) is 8.57. The largest absolute Gasteiger partial charge is 0.309 e. The maximum absolute atomic E-state index is 11.5. The molecule has 0 atom stereocenters. The van der Waals surface area contributed by atoms with Crippen LogP contribution < -0.4 is 5.32 Å². The van der Waals surface area contributed by atoms with Gasteiger partial charge < -0.3 is 5.32 Å². The number of hydrogen-bond acceptors (Lipinski definition) is 4. The molecule has 104 valence electrons. The van der Waals surface area contributed by atoms with Crippen molar-refractivity contribution in [3.8, 4) is 0 Å². The molecule has 0 radical (unpaired) electrons. The minimum atomic E-state index is -2.72. The lowest BCUT2D eigenvalue weighted by Crippen LogP contribution is -2.61. The van der Waals surface area contributed by atoms with E-state index >= 15 is 0 Å². The first-order valence-electron chi connectivity index (χ1n) is 7.28. The third-order valence-electron chi connectivity index (χ3n) is 5.01. The van der Waals surface area contributed by atoms with E-state index in [1.807, 2.05) is 0 Å². The molecule has 0 bridgehead atoms. The zero-order valence-corrected chi connectivity index (χ0v) is 11.8. The summed E-state index contributed by atoms with van der Waals surface area (Å²) in [5.74, 6) is 0.795. The van der Waals surface area contributed by atoms with E-state index in [0.717, 1.165) is 32.5 Å². The van der Waals surface area contributed by atoms with E-state index in [0.29, 0.717) is 23.1 Å². The van der Waals surface area contributed by atoms with Gasteiger partial charge in [0.25, 0.3) is 0 Å². The zero-order chi connectivity index (χ0) is 12.6. The number of nitrogens with zero attached hydrogens (tertiary/aromatic N) is 1. The topological polar surface area (TPSA) is 49.4 Å². The van der Waals surface area contributed by atoms with E-state index in [4.69, 9.17) is 0 Å². The lowest BCUT2D eigenvalue weighted by molar-refractivity contribution is 0.0886. The Hall–Kier alpha value is -0.130. The molecule has 4 nitrogen and oxygen atoms in total. The third-order valence-corrected chi connectivity index (χ3v) is 6.72. The van der Waals surface area contributed by atoms with Gasteiger partial charge in [-0.15, -0.1) is 0 Å². The summed E-state index contributed by atoms with van der Waals surface area (Å²) in [4.78, 5) is 2.57. The highest BCUT2D eigenvalue weighted by Gasteiger charge is 2.40. The molecular formula is C13H24N2O2S. The summed E-state index contributed by atoms with van der Waals surface area (Å²) < 4.78 is 23.0. The average molecular weight is 272 g/mol. The average Bonchev–Trinajstić information content (AvgIpc) is 2.77. The van der Waals surface area contributed by atoms with Gasteiger partial charge in [-0.25, -0.2) is 8.42 Å². The molecule has 1 spiro atoms. The Bertz CT molecular complexity index is 387. The molecule has 1 aliphatic carbocycles. The Labute approximate surface area is 110 Å². The van der Waals surface area contributed by atoms with Crippen molar-refractivity contribution in [2.75, 3.05) is 31.1 Å². The van der Waals surface area contributed by atoms with Crippen LogP contribution in [0.25, 0.3) is 0 Å². The molecule has 0 aromatic rings. The summed E-state index contributed by atoms with van der Waals surface area (Å²) in [5.41, 5.74) is 0.356. The van der Waals surface area contributed by atoms with Gasteiger partial charge >= 0.3 is 0 Å². The smallest absolute Gasteiger partial charge is 0.150 e. The van der Waals surface area contributed by atoms with Crippen LogP contribution in [0.3, 0.4) is 0 Å². The Morgan fingerprint density at radius 1 is 1.11 bits per heavy atom. The Kier molecular flexibility index (Phi) is 3.41.